The van der Waals surface area contributed by atoms with Crippen molar-refractivity contribution in [3.63, 3.8) is 0 Å². The van der Waals surface area contributed by atoms with Gasteiger partial charge >= 0.3 is 0 Å². The fraction of sp³-hybridized carbons (Fsp3) is 0.185. The van der Waals surface area contributed by atoms with E-state index in [0.717, 1.165) is 45.0 Å². The lowest BCUT2D eigenvalue weighted by atomic mass is 10.1. The van der Waals surface area contributed by atoms with Crippen LogP contribution in [0, 0.1) is 118 Å². The van der Waals surface area contributed by atoms with Gasteiger partial charge in [-0.3, -0.25) is 0 Å². The molecule has 0 amide bonds. The Labute approximate surface area is 784 Å². The van der Waals surface area contributed by atoms with Crippen molar-refractivity contribution in [3.05, 3.63) is 309 Å². The van der Waals surface area contributed by atoms with Crippen LogP contribution in [0.25, 0.3) is 89.7 Å². The maximum absolute atomic E-state index is 9.79. The van der Waals surface area contributed by atoms with Crippen LogP contribution >= 0.6 is 0 Å². The highest BCUT2D eigenvalue weighted by atomic mass is 16.5. The van der Waals surface area contributed by atoms with E-state index in [-0.39, 0.29) is 97.4 Å². The van der Waals surface area contributed by atoms with E-state index in [4.69, 9.17) is 67.8 Å². The predicted octanol–water partition coefficient (Wildman–Crippen LogP) is 18.9. The van der Waals surface area contributed by atoms with Gasteiger partial charge in [-0.05, 0) is 222 Å². The van der Waals surface area contributed by atoms with Crippen LogP contribution in [0.2, 0.25) is 0 Å². The standard InChI is InChI=1S/C108H86N20O8/c1-69-5-17-81(18-6-69)125(37-45-129-85-25-13-73(61-109)77(53-85)65-113)41-49-133-89-29-33-93-97(57-89)105-117-101(93)122-106-99-59-91(135-51-43-127(83-21-9-71(3)10-22-83)39-47-131-87-27-15-75(63-111)79(55-87)67-115)31-35-95(99)103(119-106)124-108-100-60-92(136-52-44-128(84-23-11-72(4)12-24-84)40-48-132-88-28-16-76(64-112)80(56-88)68-116)32-36-96(100)104(120-108)123-107-98-58-90(30-34-94(98)102(118-107)121-105)134-50-42-126(82-19-7-70(2)8-20-82)38-46-130-86-26-14-74(62-110)78(54-86)66-114/h5-36,53-60H,37-52H2,1-4H3,(H2,117,118,119,120,121,122,123,124). The monoisotopic (exact) mass is 1790 g/mol. The molecule has 0 saturated carbocycles. The highest BCUT2D eigenvalue weighted by Gasteiger charge is 2.27. The quantitative estimate of drug-likeness (QED) is 0.0368. The van der Waals surface area contributed by atoms with Crippen LogP contribution in [-0.4, -0.2) is 145 Å². The summed E-state index contributed by atoms with van der Waals surface area (Å²) in [7, 11) is 0. The number of aryl methyl sites for hydroxylation is 4. The molecule has 8 bridgehead atoms. The Kier molecular flexibility index (Phi) is 27.3. The first-order valence-electron chi connectivity index (χ1n) is 44.0. The minimum Gasteiger partial charge on any atom is -0.492 e. The van der Waals surface area contributed by atoms with Crippen LogP contribution < -0.4 is 57.5 Å². The van der Waals surface area contributed by atoms with E-state index in [1.54, 1.807) is 72.8 Å². The molecular formula is C108H86N20O8. The van der Waals surface area contributed by atoms with Gasteiger partial charge in [-0.25, -0.2) is 29.9 Å². The summed E-state index contributed by atoms with van der Waals surface area (Å²) in [4.78, 5) is 48.4. The number of fused-ring (bicyclic) bond motifs is 20. The first-order chi connectivity index (χ1) is 66.6. The molecule has 0 unspecified atom stereocenters. The average molecular weight is 1790 g/mol. The van der Waals surface area contributed by atoms with Crippen molar-refractivity contribution in [1.29, 1.82) is 42.1 Å². The number of hydrogen-bond acceptors (Lipinski definition) is 26. The van der Waals surface area contributed by atoms with Crippen molar-refractivity contribution in [2.75, 3.05) is 125 Å². The Hall–Kier alpha value is -18.5. The third-order valence-electron chi connectivity index (χ3n) is 23.3. The highest BCUT2D eigenvalue weighted by molar-refractivity contribution is 6.07. The summed E-state index contributed by atoms with van der Waals surface area (Å²) in [5.74, 6) is 5.28. The molecule has 0 atom stereocenters. The van der Waals surface area contributed by atoms with Crippen molar-refractivity contribution < 1.29 is 37.9 Å². The zero-order valence-corrected chi connectivity index (χ0v) is 74.7. The predicted molar refractivity (Wildman–Crippen MR) is 517 cm³/mol. The number of H-pyrrole nitrogens is 2. The Balaban J connectivity index is 0.744. The summed E-state index contributed by atoms with van der Waals surface area (Å²) in [5.41, 5.74) is 14.3. The largest absolute Gasteiger partial charge is 0.492 e. The highest BCUT2D eigenvalue weighted by Crippen LogP contribution is 2.42. The Bertz CT molecular complexity index is 7150. The van der Waals surface area contributed by atoms with E-state index in [1.807, 2.05) is 100 Å². The summed E-state index contributed by atoms with van der Waals surface area (Å²) in [5, 5.41) is 80.2. The van der Waals surface area contributed by atoms with Crippen LogP contribution in [-0.2, 0) is 0 Å². The number of nitrogens with one attached hydrogen (secondary N) is 2. The van der Waals surface area contributed by atoms with E-state index < -0.39 is 0 Å². The lowest BCUT2D eigenvalue weighted by molar-refractivity contribution is 0.303. The molecule has 3 aromatic heterocycles. The third kappa shape index (κ3) is 20.9. The molecule has 5 heterocycles. The summed E-state index contributed by atoms with van der Waals surface area (Å²) < 4.78 is 51.8. The van der Waals surface area contributed by atoms with Gasteiger partial charge < -0.3 is 67.5 Å². The molecule has 0 radical (unpaired) electrons. The van der Waals surface area contributed by atoms with Crippen molar-refractivity contribution in [2.45, 2.75) is 27.7 Å². The Morgan fingerprint density at radius 3 is 0.662 bits per heavy atom. The normalized spacial score (nSPS) is 10.9. The van der Waals surface area contributed by atoms with Crippen LogP contribution in [0.5, 0.6) is 46.0 Å². The van der Waals surface area contributed by atoms with Gasteiger partial charge in [-0.1, -0.05) is 70.8 Å². The first-order valence-corrected chi connectivity index (χ1v) is 44.0. The topological polar surface area (TPSA) is 386 Å². The first kappa shape index (κ1) is 89.5. The molecule has 2 N–H and O–H groups in total. The second-order valence-electron chi connectivity index (χ2n) is 32.2. The number of ether oxygens (including phenoxy) is 8. The second kappa shape index (κ2) is 41.5. The number of hydrogen-bond donors (Lipinski definition) is 2. The Morgan fingerprint density at radius 1 is 0.213 bits per heavy atom. The van der Waals surface area contributed by atoms with E-state index >= 15 is 0 Å². The molecule has 666 valence electrons. The number of rotatable bonds is 36. The average Bonchev–Trinajstić information content (AvgIpc) is 1.59. The van der Waals surface area contributed by atoms with Gasteiger partial charge in [-0.15, -0.1) is 0 Å². The third-order valence-corrected chi connectivity index (χ3v) is 23.3. The summed E-state index contributed by atoms with van der Waals surface area (Å²) >= 11 is 0. The lowest BCUT2D eigenvalue weighted by Crippen LogP contribution is -2.32. The molecule has 28 nitrogen and oxygen atoms in total. The molecule has 136 heavy (non-hydrogen) atoms. The minimum absolute atomic E-state index is 0.231. The summed E-state index contributed by atoms with van der Waals surface area (Å²) in [6.45, 7) is 13.7. The van der Waals surface area contributed by atoms with E-state index in [1.165, 1.54) is 0 Å². The molecule has 0 spiro atoms. The lowest BCUT2D eigenvalue weighted by Gasteiger charge is -2.25. The molecule has 12 aromatic carbocycles. The van der Waals surface area contributed by atoms with Gasteiger partial charge in [0.1, 0.15) is 170 Å². The molecule has 0 saturated heterocycles. The number of aromatic nitrogens is 8. The molecule has 15 aromatic rings. The van der Waals surface area contributed by atoms with Crippen LogP contribution in [0.4, 0.5) is 22.7 Å². The molecule has 0 fully saturated rings. The van der Waals surface area contributed by atoms with Crippen molar-refractivity contribution >= 4 is 66.9 Å². The molecular weight excluding hydrogens is 1710 g/mol. The van der Waals surface area contributed by atoms with E-state index in [2.05, 4.69) is 175 Å². The zero-order chi connectivity index (χ0) is 94.0. The van der Waals surface area contributed by atoms with Gasteiger partial charge in [0.25, 0.3) is 0 Å². The molecule has 2 aliphatic rings. The SMILES string of the molecule is Cc1ccc(N(CCOc2ccc(C#N)c(C#N)c2)CCOc2ccc3c(c2)-c2nc-3nc3[nH]c(nc4nc(nc5[nH]c(n2)c2ccc(OCCN(CCOc6ccc(C#N)c(C#N)c6)c6ccc(C)cc6)cc52)-c2ccc(OCCN(CCOc5ccc(C#N)c(C#N)c5)c5ccc(C)cc5)cc2-4)c2ccc(OCCN(CCOc4ccc(C#N)c(C#N)c4)c4ccc(C)cc4)cc32)cc1. The number of nitrogens with zero attached hydrogens (tertiary/aromatic N) is 18. The smallest absolute Gasteiger partial charge is 0.164 e. The number of anilines is 4. The molecule has 2 aliphatic heterocycles. The van der Waals surface area contributed by atoms with E-state index in [0.29, 0.717) is 188 Å². The number of benzene rings is 12. The zero-order valence-electron chi connectivity index (χ0n) is 74.7. The summed E-state index contributed by atoms with van der Waals surface area (Å²) in [6.07, 6.45) is 0. The fourth-order valence-electron chi connectivity index (χ4n) is 16.0. The van der Waals surface area contributed by atoms with Gasteiger partial charge in [-0.2, -0.15) is 42.1 Å². The van der Waals surface area contributed by atoms with Crippen LogP contribution in [0.15, 0.2) is 243 Å². The van der Waals surface area contributed by atoms with Gasteiger partial charge in [0.05, 0.1) is 96.9 Å². The van der Waals surface area contributed by atoms with Crippen LogP contribution in [0.3, 0.4) is 0 Å². The van der Waals surface area contributed by atoms with Gasteiger partial charge in [0.2, 0.25) is 0 Å². The maximum atomic E-state index is 9.79. The molecule has 28 heteroatoms. The summed E-state index contributed by atoms with van der Waals surface area (Å²) in [6, 6.07) is 91.9. The Morgan fingerprint density at radius 2 is 0.419 bits per heavy atom. The number of nitriles is 8. The molecule has 0 aliphatic carbocycles. The van der Waals surface area contributed by atoms with Crippen molar-refractivity contribution in [1.82, 2.24) is 39.9 Å². The number of aromatic amines is 2. The molecule has 17 rings (SSSR count). The van der Waals surface area contributed by atoms with Crippen LogP contribution in [0.1, 0.15) is 66.8 Å². The second-order valence-corrected chi connectivity index (χ2v) is 32.2. The minimum atomic E-state index is 0.231. The van der Waals surface area contributed by atoms with Gasteiger partial charge in [0, 0.05) is 66.5 Å². The van der Waals surface area contributed by atoms with E-state index in [9.17, 15) is 42.1 Å². The maximum Gasteiger partial charge on any atom is 0.164 e. The fourth-order valence-corrected chi connectivity index (χ4v) is 16.0. The van der Waals surface area contributed by atoms with Gasteiger partial charge in [0.15, 0.2) is 23.3 Å². The van der Waals surface area contributed by atoms with Crippen molar-refractivity contribution in [2.24, 2.45) is 0 Å². The van der Waals surface area contributed by atoms with Crippen molar-refractivity contribution in [3.8, 4) is 140 Å².